The Labute approximate surface area is 97.3 Å². The smallest absolute Gasteiger partial charge is 0.310 e. The minimum absolute atomic E-state index is 0.120. The van der Waals surface area contributed by atoms with E-state index in [1.165, 1.54) is 18.2 Å². The summed E-state index contributed by atoms with van der Waals surface area (Å²) in [6.45, 7) is 1.01. The zero-order chi connectivity index (χ0) is 12.3. The van der Waals surface area contributed by atoms with E-state index in [2.05, 4.69) is 0 Å². The summed E-state index contributed by atoms with van der Waals surface area (Å²) in [7, 11) is 0. The first kappa shape index (κ1) is 11.5. The van der Waals surface area contributed by atoms with E-state index < -0.39 is 4.92 Å². The minimum Gasteiger partial charge on any atom is -0.481 e. The highest BCUT2D eigenvalue weighted by molar-refractivity contribution is 5.76. The maximum Gasteiger partial charge on any atom is 0.310 e. The van der Waals surface area contributed by atoms with Crippen LogP contribution in [0.1, 0.15) is 16.8 Å². The third-order valence-corrected chi connectivity index (χ3v) is 2.50. The average Bonchev–Trinajstić information content (AvgIpc) is 2.81. The largest absolute Gasteiger partial charge is 0.481 e. The van der Waals surface area contributed by atoms with Crippen LogP contribution >= 0.6 is 0 Å². The summed E-state index contributed by atoms with van der Waals surface area (Å²) in [6, 6.07) is 4.04. The third kappa shape index (κ3) is 2.59. The summed E-state index contributed by atoms with van der Waals surface area (Å²) in [6.07, 6.45) is 1.14. The van der Waals surface area contributed by atoms with E-state index in [1.54, 1.807) is 0 Å². The van der Waals surface area contributed by atoms with Crippen molar-refractivity contribution in [1.82, 2.24) is 0 Å². The normalized spacial score (nSPS) is 18.9. The highest BCUT2D eigenvalue weighted by Gasteiger charge is 2.22. The summed E-state index contributed by atoms with van der Waals surface area (Å²) < 4.78 is 10.6. The molecule has 6 heteroatoms. The molecular weight excluding hydrogens is 226 g/mol. The van der Waals surface area contributed by atoms with Crippen LogP contribution in [0.2, 0.25) is 0 Å². The molecule has 1 fully saturated rings. The summed E-state index contributed by atoms with van der Waals surface area (Å²) in [5.41, 5.74) is 0.215. The molecule has 0 radical (unpaired) electrons. The Balaban J connectivity index is 2.27. The van der Waals surface area contributed by atoms with Crippen LogP contribution in [0.25, 0.3) is 0 Å². The molecule has 1 aliphatic heterocycles. The number of hydrogen-bond acceptors (Lipinski definition) is 5. The first-order valence-corrected chi connectivity index (χ1v) is 5.18. The SMILES string of the molecule is O=Cc1ccc([N+](=O)[O-])c(OC2CCOC2)c1. The fraction of sp³-hybridized carbons (Fsp3) is 0.364. The number of nitrogens with zero attached hydrogens (tertiary/aromatic N) is 1. The van der Waals surface area contributed by atoms with E-state index in [1.807, 2.05) is 0 Å². The Hall–Kier alpha value is -1.95. The predicted octanol–water partition coefficient (Wildman–Crippen LogP) is 1.57. The van der Waals surface area contributed by atoms with Gasteiger partial charge in [0, 0.05) is 18.1 Å². The van der Waals surface area contributed by atoms with E-state index in [4.69, 9.17) is 9.47 Å². The lowest BCUT2D eigenvalue weighted by Gasteiger charge is -2.11. The van der Waals surface area contributed by atoms with Crippen molar-refractivity contribution < 1.29 is 19.2 Å². The molecule has 0 spiro atoms. The summed E-state index contributed by atoms with van der Waals surface area (Å²) in [5.74, 6) is 0.120. The number of hydrogen-bond donors (Lipinski definition) is 0. The van der Waals surface area contributed by atoms with E-state index in [0.717, 1.165) is 0 Å². The number of carbonyl (C=O) groups excluding carboxylic acids is 1. The van der Waals surface area contributed by atoms with Crippen LogP contribution in [-0.4, -0.2) is 30.5 Å². The molecule has 2 rings (SSSR count). The van der Waals surface area contributed by atoms with Gasteiger partial charge in [-0.25, -0.2) is 0 Å². The Bertz CT molecular complexity index is 439. The molecule has 1 saturated heterocycles. The molecule has 0 amide bonds. The number of rotatable bonds is 4. The van der Waals surface area contributed by atoms with E-state index in [0.29, 0.717) is 31.5 Å². The molecule has 1 atom stereocenters. The van der Waals surface area contributed by atoms with Gasteiger partial charge < -0.3 is 9.47 Å². The van der Waals surface area contributed by atoms with Crippen LogP contribution in [0.3, 0.4) is 0 Å². The third-order valence-electron chi connectivity index (χ3n) is 2.50. The van der Waals surface area contributed by atoms with Crippen molar-refractivity contribution >= 4 is 12.0 Å². The number of ether oxygens (including phenoxy) is 2. The zero-order valence-electron chi connectivity index (χ0n) is 9.00. The van der Waals surface area contributed by atoms with Crippen molar-refractivity contribution in [3.63, 3.8) is 0 Å². The molecular formula is C11H11NO5. The number of aldehydes is 1. The molecule has 0 N–H and O–H groups in total. The lowest BCUT2D eigenvalue weighted by atomic mass is 10.2. The second-order valence-corrected chi connectivity index (χ2v) is 3.71. The van der Waals surface area contributed by atoms with E-state index in [9.17, 15) is 14.9 Å². The predicted molar refractivity (Wildman–Crippen MR) is 58.3 cm³/mol. The Morgan fingerprint density at radius 3 is 2.94 bits per heavy atom. The maximum absolute atomic E-state index is 10.8. The average molecular weight is 237 g/mol. The lowest BCUT2D eigenvalue weighted by Crippen LogP contribution is -2.16. The maximum atomic E-state index is 10.8. The summed E-state index contributed by atoms with van der Waals surface area (Å²) in [4.78, 5) is 20.9. The van der Waals surface area contributed by atoms with Gasteiger partial charge in [0.2, 0.25) is 0 Å². The van der Waals surface area contributed by atoms with Crippen LogP contribution in [0.4, 0.5) is 5.69 Å². The molecule has 0 aliphatic carbocycles. The van der Waals surface area contributed by atoms with Gasteiger partial charge in [0.05, 0.1) is 18.1 Å². The summed E-state index contributed by atoms with van der Waals surface area (Å²) in [5, 5.41) is 10.8. The zero-order valence-corrected chi connectivity index (χ0v) is 9.00. The highest BCUT2D eigenvalue weighted by atomic mass is 16.6. The molecule has 1 aromatic carbocycles. The highest BCUT2D eigenvalue weighted by Crippen LogP contribution is 2.29. The molecule has 6 nitrogen and oxygen atoms in total. The lowest BCUT2D eigenvalue weighted by molar-refractivity contribution is -0.386. The second-order valence-electron chi connectivity index (χ2n) is 3.71. The monoisotopic (exact) mass is 237 g/mol. The number of nitro groups is 1. The second kappa shape index (κ2) is 4.92. The molecule has 1 aromatic rings. The number of benzene rings is 1. The van der Waals surface area contributed by atoms with Crippen LogP contribution < -0.4 is 4.74 Å². The van der Waals surface area contributed by atoms with Crippen molar-refractivity contribution in [2.24, 2.45) is 0 Å². The van der Waals surface area contributed by atoms with Gasteiger partial charge >= 0.3 is 5.69 Å². The topological polar surface area (TPSA) is 78.7 Å². The van der Waals surface area contributed by atoms with Crippen LogP contribution in [0, 0.1) is 10.1 Å². The van der Waals surface area contributed by atoms with Gasteiger partial charge in [0.1, 0.15) is 12.4 Å². The van der Waals surface area contributed by atoms with Gasteiger partial charge in [-0.2, -0.15) is 0 Å². The minimum atomic E-state index is -0.528. The van der Waals surface area contributed by atoms with Gasteiger partial charge in [-0.05, 0) is 12.1 Å². The molecule has 1 aliphatic rings. The number of nitro benzene ring substituents is 1. The van der Waals surface area contributed by atoms with Crippen molar-refractivity contribution in [2.75, 3.05) is 13.2 Å². The van der Waals surface area contributed by atoms with E-state index in [-0.39, 0.29) is 17.5 Å². The van der Waals surface area contributed by atoms with Gasteiger partial charge in [-0.3, -0.25) is 14.9 Å². The van der Waals surface area contributed by atoms with Crippen molar-refractivity contribution in [1.29, 1.82) is 0 Å². The molecule has 1 unspecified atom stereocenters. The fourth-order valence-corrected chi connectivity index (χ4v) is 1.63. The Morgan fingerprint density at radius 1 is 1.53 bits per heavy atom. The quantitative estimate of drug-likeness (QED) is 0.451. The van der Waals surface area contributed by atoms with Gasteiger partial charge in [0.25, 0.3) is 0 Å². The van der Waals surface area contributed by atoms with Gasteiger partial charge in [-0.1, -0.05) is 0 Å². The molecule has 17 heavy (non-hydrogen) atoms. The standard InChI is InChI=1S/C11H11NO5/c13-6-8-1-2-10(12(14)15)11(5-8)17-9-3-4-16-7-9/h1-2,5-6,9H,3-4,7H2. The molecule has 1 heterocycles. The van der Waals surface area contributed by atoms with Crippen molar-refractivity contribution in [3.05, 3.63) is 33.9 Å². The van der Waals surface area contributed by atoms with Crippen LogP contribution in [-0.2, 0) is 4.74 Å². The molecule has 0 bridgehead atoms. The molecule has 90 valence electrons. The first-order chi connectivity index (χ1) is 8.20. The molecule has 0 aromatic heterocycles. The number of carbonyl (C=O) groups is 1. The van der Waals surface area contributed by atoms with Crippen molar-refractivity contribution in [3.8, 4) is 5.75 Å². The van der Waals surface area contributed by atoms with E-state index >= 15 is 0 Å². The Kier molecular flexibility index (Phi) is 3.34. The molecule has 0 saturated carbocycles. The van der Waals surface area contributed by atoms with Crippen LogP contribution in [0.15, 0.2) is 18.2 Å². The first-order valence-electron chi connectivity index (χ1n) is 5.18. The van der Waals surface area contributed by atoms with Crippen molar-refractivity contribution in [2.45, 2.75) is 12.5 Å². The van der Waals surface area contributed by atoms with Gasteiger partial charge in [-0.15, -0.1) is 0 Å². The fourth-order valence-electron chi connectivity index (χ4n) is 1.63. The van der Waals surface area contributed by atoms with Crippen LogP contribution in [0.5, 0.6) is 5.75 Å². The summed E-state index contributed by atoms with van der Waals surface area (Å²) >= 11 is 0. The van der Waals surface area contributed by atoms with Gasteiger partial charge in [0.15, 0.2) is 5.75 Å². The Morgan fingerprint density at radius 2 is 2.35 bits per heavy atom.